The minimum atomic E-state index is -0.361. The Morgan fingerprint density at radius 3 is 2.83 bits per heavy atom. The number of rotatable bonds is 5. The molecule has 0 spiro atoms. The van der Waals surface area contributed by atoms with Crippen LogP contribution in [0.1, 0.15) is 5.56 Å². The molecule has 1 N–H and O–H groups in total. The summed E-state index contributed by atoms with van der Waals surface area (Å²) in [6, 6.07) is 14.4. The summed E-state index contributed by atoms with van der Waals surface area (Å²) in [6.07, 6.45) is 1.40. The first kappa shape index (κ1) is 15.2. The van der Waals surface area contributed by atoms with E-state index in [0.717, 1.165) is 11.3 Å². The second kappa shape index (κ2) is 7.02. The van der Waals surface area contributed by atoms with E-state index < -0.39 is 0 Å². The monoisotopic (exact) mass is 327 g/mol. The van der Waals surface area contributed by atoms with Crippen LogP contribution in [-0.2, 0) is 0 Å². The number of hydrogen-bond acceptors (Lipinski definition) is 5. The fraction of sp³-hybridized carbons (Fsp3) is 0.0588. The van der Waals surface area contributed by atoms with Crippen LogP contribution in [0.25, 0.3) is 11.3 Å². The standard InChI is InChI=1S/C17H14FN3OS/c1-22-14-7-8-15(18)13(9-14)10-19-21-17-20-16(11-23-17)12-5-3-2-4-6-12/h2-11H,1H3,(H,20,21). The zero-order valence-electron chi connectivity index (χ0n) is 12.4. The van der Waals surface area contributed by atoms with E-state index in [-0.39, 0.29) is 5.82 Å². The Morgan fingerprint density at radius 2 is 2.04 bits per heavy atom. The lowest BCUT2D eigenvalue weighted by atomic mass is 10.2. The molecule has 0 atom stereocenters. The molecule has 0 saturated heterocycles. The predicted molar refractivity (Wildman–Crippen MR) is 91.7 cm³/mol. The SMILES string of the molecule is COc1ccc(F)c(C=NNc2nc(-c3ccccc3)cs2)c1. The number of ether oxygens (including phenoxy) is 1. The van der Waals surface area contributed by atoms with Crippen LogP contribution >= 0.6 is 11.3 Å². The summed E-state index contributed by atoms with van der Waals surface area (Å²) in [5.74, 6) is 0.217. The molecule has 1 heterocycles. The van der Waals surface area contributed by atoms with Gasteiger partial charge in [-0.25, -0.2) is 9.37 Å². The zero-order valence-corrected chi connectivity index (χ0v) is 13.2. The van der Waals surface area contributed by atoms with E-state index in [1.165, 1.54) is 30.7 Å². The summed E-state index contributed by atoms with van der Waals surface area (Å²) in [6.45, 7) is 0. The molecule has 0 unspecified atom stereocenters. The van der Waals surface area contributed by atoms with Gasteiger partial charge in [-0.1, -0.05) is 30.3 Å². The number of nitrogens with zero attached hydrogens (tertiary/aromatic N) is 2. The molecule has 0 aliphatic carbocycles. The Bertz CT molecular complexity index is 818. The third-order valence-electron chi connectivity index (χ3n) is 3.14. The lowest BCUT2D eigenvalue weighted by molar-refractivity contribution is 0.413. The van der Waals surface area contributed by atoms with Crippen molar-refractivity contribution in [1.82, 2.24) is 4.98 Å². The van der Waals surface area contributed by atoms with Gasteiger partial charge in [-0.05, 0) is 18.2 Å². The molecule has 0 amide bonds. The van der Waals surface area contributed by atoms with Crippen molar-refractivity contribution >= 4 is 22.7 Å². The Hall–Kier alpha value is -2.73. The van der Waals surface area contributed by atoms with Gasteiger partial charge in [0.1, 0.15) is 11.6 Å². The molecule has 1 aromatic heterocycles. The van der Waals surface area contributed by atoms with Gasteiger partial charge in [0.05, 0.1) is 19.0 Å². The summed E-state index contributed by atoms with van der Waals surface area (Å²) in [5, 5.41) is 6.62. The highest BCUT2D eigenvalue weighted by atomic mass is 32.1. The number of hydrogen-bond donors (Lipinski definition) is 1. The second-order valence-corrected chi connectivity index (χ2v) is 5.52. The number of aromatic nitrogens is 1. The summed E-state index contributed by atoms with van der Waals surface area (Å²) >= 11 is 1.44. The van der Waals surface area contributed by atoms with Crippen molar-refractivity contribution < 1.29 is 9.13 Å². The van der Waals surface area contributed by atoms with Crippen molar-refractivity contribution in [3.8, 4) is 17.0 Å². The van der Waals surface area contributed by atoms with Crippen LogP contribution in [0.2, 0.25) is 0 Å². The largest absolute Gasteiger partial charge is 0.497 e. The van der Waals surface area contributed by atoms with E-state index in [2.05, 4.69) is 15.5 Å². The smallest absolute Gasteiger partial charge is 0.203 e. The maximum absolute atomic E-state index is 13.7. The van der Waals surface area contributed by atoms with E-state index in [9.17, 15) is 4.39 Å². The zero-order chi connectivity index (χ0) is 16.1. The molecule has 116 valence electrons. The van der Waals surface area contributed by atoms with Crippen molar-refractivity contribution in [2.24, 2.45) is 5.10 Å². The number of anilines is 1. The second-order valence-electron chi connectivity index (χ2n) is 4.66. The molecular formula is C17H14FN3OS. The topological polar surface area (TPSA) is 46.5 Å². The average Bonchev–Trinajstić information content (AvgIpc) is 3.06. The first-order chi connectivity index (χ1) is 11.3. The van der Waals surface area contributed by atoms with Crippen LogP contribution < -0.4 is 10.2 Å². The molecule has 23 heavy (non-hydrogen) atoms. The van der Waals surface area contributed by atoms with Gasteiger partial charge in [-0.15, -0.1) is 11.3 Å². The van der Waals surface area contributed by atoms with E-state index in [0.29, 0.717) is 16.4 Å². The Morgan fingerprint density at radius 1 is 1.22 bits per heavy atom. The van der Waals surface area contributed by atoms with Gasteiger partial charge in [0.25, 0.3) is 0 Å². The molecule has 0 saturated carbocycles. The molecule has 2 aromatic carbocycles. The predicted octanol–water partition coefficient (Wildman–Crippen LogP) is 4.40. The highest BCUT2D eigenvalue weighted by Gasteiger charge is 2.04. The molecule has 0 aliphatic heterocycles. The molecule has 0 radical (unpaired) electrons. The van der Waals surface area contributed by atoms with Gasteiger partial charge in [0, 0.05) is 16.5 Å². The molecule has 6 heteroatoms. The van der Waals surface area contributed by atoms with E-state index in [1.54, 1.807) is 12.1 Å². The number of methoxy groups -OCH3 is 1. The van der Waals surface area contributed by atoms with Crippen molar-refractivity contribution in [1.29, 1.82) is 0 Å². The molecular weight excluding hydrogens is 313 g/mol. The normalized spacial score (nSPS) is 10.9. The van der Waals surface area contributed by atoms with Crippen LogP contribution in [-0.4, -0.2) is 18.3 Å². The van der Waals surface area contributed by atoms with Crippen LogP contribution in [0.15, 0.2) is 59.0 Å². The van der Waals surface area contributed by atoms with Crippen LogP contribution in [0.3, 0.4) is 0 Å². The van der Waals surface area contributed by atoms with Crippen LogP contribution in [0.4, 0.5) is 9.52 Å². The lowest BCUT2D eigenvalue weighted by Crippen LogP contribution is -1.94. The highest BCUT2D eigenvalue weighted by Crippen LogP contribution is 2.24. The Kier molecular flexibility index (Phi) is 4.63. The highest BCUT2D eigenvalue weighted by molar-refractivity contribution is 7.14. The van der Waals surface area contributed by atoms with Crippen LogP contribution in [0, 0.1) is 5.82 Å². The minimum Gasteiger partial charge on any atom is -0.497 e. The van der Waals surface area contributed by atoms with Gasteiger partial charge in [-0.2, -0.15) is 5.10 Å². The molecule has 0 fully saturated rings. The first-order valence-electron chi connectivity index (χ1n) is 6.90. The fourth-order valence-corrected chi connectivity index (χ4v) is 2.64. The maximum atomic E-state index is 13.7. The van der Waals surface area contributed by atoms with E-state index in [1.807, 2.05) is 35.7 Å². The number of thiazole rings is 1. The molecule has 0 aliphatic rings. The summed E-state index contributed by atoms with van der Waals surface area (Å²) in [4.78, 5) is 4.44. The van der Waals surface area contributed by atoms with Crippen molar-refractivity contribution in [2.45, 2.75) is 0 Å². The van der Waals surface area contributed by atoms with Crippen molar-refractivity contribution in [2.75, 3.05) is 12.5 Å². The molecule has 0 bridgehead atoms. The number of nitrogens with one attached hydrogen (secondary N) is 1. The number of benzene rings is 2. The van der Waals surface area contributed by atoms with Gasteiger partial charge in [0.15, 0.2) is 0 Å². The lowest BCUT2D eigenvalue weighted by Gasteiger charge is -2.01. The Balaban J connectivity index is 1.70. The number of halogens is 1. The average molecular weight is 327 g/mol. The first-order valence-corrected chi connectivity index (χ1v) is 7.78. The van der Waals surface area contributed by atoms with Crippen LogP contribution in [0.5, 0.6) is 5.75 Å². The number of hydrazone groups is 1. The van der Waals surface area contributed by atoms with Gasteiger partial charge in [0.2, 0.25) is 5.13 Å². The van der Waals surface area contributed by atoms with Crippen molar-refractivity contribution in [3.63, 3.8) is 0 Å². The van der Waals surface area contributed by atoms with E-state index >= 15 is 0 Å². The summed E-state index contributed by atoms with van der Waals surface area (Å²) in [7, 11) is 1.53. The molecule has 3 aromatic rings. The minimum absolute atomic E-state index is 0.344. The molecule has 3 rings (SSSR count). The van der Waals surface area contributed by atoms with Gasteiger partial charge in [-0.3, -0.25) is 5.43 Å². The molecule has 4 nitrogen and oxygen atoms in total. The van der Waals surface area contributed by atoms with E-state index in [4.69, 9.17) is 4.74 Å². The van der Waals surface area contributed by atoms with Crippen molar-refractivity contribution in [3.05, 3.63) is 65.3 Å². The summed E-state index contributed by atoms with van der Waals surface area (Å²) < 4.78 is 18.7. The third-order valence-corrected chi connectivity index (χ3v) is 3.89. The third kappa shape index (κ3) is 3.73. The Labute approximate surface area is 137 Å². The summed E-state index contributed by atoms with van der Waals surface area (Å²) in [5.41, 5.74) is 5.08. The maximum Gasteiger partial charge on any atom is 0.203 e. The fourth-order valence-electron chi connectivity index (χ4n) is 1.97. The quantitative estimate of drug-likeness (QED) is 0.558. The van der Waals surface area contributed by atoms with Gasteiger partial charge >= 0.3 is 0 Å². The van der Waals surface area contributed by atoms with Gasteiger partial charge < -0.3 is 4.74 Å².